The summed E-state index contributed by atoms with van der Waals surface area (Å²) in [6, 6.07) is 6.82. The summed E-state index contributed by atoms with van der Waals surface area (Å²) in [4.78, 5) is 19.9. The quantitative estimate of drug-likeness (QED) is 0.571. The average Bonchev–Trinajstić information content (AvgIpc) is 3.19. The highest BCUT2D eigenvalue weighted by molar-refractivity contribution is 7.90. The third kappa shape index (κ3) is 5.47. The third-order valence-corrected chi connectivity index (χ3v) is 5.59. The molecule has 1 aromatic carbocycles. The van der Waals surface area contributed by atoms with Gasteiger partial charge in [0.15, 0.2) is 21.5 Å². The number of amides is 1. The Balaban J connectivity index is 1.99. The maximum atomic E-state index is 13.2. The molecule has 1 amide bonds. The number of carbonyl (C=O) groups is 1. The number of alkyl halides is 3. The van der Waals surface area contributed by atoms with E-state index in [1.54, 1.807) is 0 Å². The molecule has 172 valence electrons. The van der Waals surface area contributed by atoms with E-state index in [2.05, 4.69) is 20.4 Å². The second-order valence-electron chi connectivity index (χ2n) is 6.86. The van der Waals surface area contributed by atoms with Crippen LogP contribution in [0.1, 0.15) is 40.5 Å². The number of pyridine rings is 1. The van der Waals surface area contributed by atoms with E-state index in [-0.39, 0.29) is 32.7 Å². The highest BCUT2D eigenvalue weighted by atomic mass is 35.5. The van der Waals surface area contributed by atoms with E-state index < -0.39 is 33.8 Å². The topological polar surface area (TPSA) is 131 Å². The molecule has 14 heteroatoms. The molecule has 1 N–H and O–H groups in total. The van der Waals surface area contributed by atoms with Crippen molar-refractivity contribution >= 4 is 27.3 Å². The molecule has 3 rings (SSSR count). The van der Waals surface area contributed by atoms with Crippen LogP contribution in [0.4, 0.5) is 13.2 Å². The average molecular weight is 499 g/mol. The molecule has 0 aliphatic heterocycles. The fourth-order valence-corrected chi connectivity index (χ4v) is 3.70. The minimum atomic E-state index is -4.87. The van der Waals surface area contributed by atoms with Crippen molar-refractivity contribution < 1.29 is 26.4 Å². The molecular weight excluding hydrogens is 485 g/mol. The Morgan fingerprint density at radius 1 is 1.27 bits per heavy atom. The lowest BCUT2D eigenvalue weighted by Gasteiger charge is -2.15. The summed E-state index contributed by atoms with van der Waals surface area (Å²) in [5, 5.41) is 14.8. The predicted molar refractivity (Wildman–Crippen MR) is 109 cm³/mol. The normalized spacial score (nSPS) is 12.8. The van der Waals surface area contributed by atoms with Gasteiger partial charge >= 0.3 is 6.18 Å². The molecule has 0 aliphatic carbocycles. The second kappa shape index (κ2) is 8.80. The maximum absolute atomic E-state index is 13.2. The third-order valence-electron chi connectivity index (χ3n) is 4.28. The molecule has 0 bridgehead atoms. The predicted octanol–water partition coefficient (Wildman–Crippen LogP) is 3.10. The van der Waals surface area contributed by atoms with Crippen LogP contribution in [0.25, 0.3) is 5.82 Å². The standard InChI is InChI=1S/C19H14ClF3N6O3S/c1-10(26-17(30)12-5-13(20)7-14(6-12)33(2,31)32)16-27-18(19(21,22)23)28-29(16)15-4-3-11(8-24)9-25-15/h3-7,9-10H,1-2H3,(H,26,30)/t10-/m1/s1. The zero-order valence-electron chi connectivity index (χ0n) is 16.9. The SMILES string of the molecule is C[C@@H](NC(=O)c1cc(Cl)cc(S(C)(=O)=O)c1)c1nc(C(F)(F)F)nn1-c1ccc(C#N)cn1. The van der Waals surface area contributed by atoms with E-state index in [1.165, 1.54) is 31.2 Å². The molecule has 0 fully saturated rings. The van der Waals surface area contributed by atoms with Crippen LogP contribution in [0.2, 0.25) is 5.02 Å². The van der Waals surface area contributed by atoms with Crippen molar-refractivity contribution in [2.75, 3.05) is 6.26 Å². The summed E-state index contributed by atoms with van der Waals surface area (Å²) in [6.45, 7) is 1.37. The first-order chi connectivity index (χ1) is 15.3. The van der Waals surface area contributed by atoms with Gasteiger partial charge in [0.2, 0.25) is 0 Å². The van der Waals surface area contributed by atoms with Crippen molar-refractivity contribution in [3.8, 4) is 11.9 Å². The van der Waals surface area contributed by atoms with E-state index in [1.807, 2.05) is 6.07 Å². The lowest BCUT2D eigenvalue weighted by molar-refractivity contribution is -0.144. The van der Waals surface area contributed by atoms with Crippen molar-refractivity contribution in [1.82, 2.24) is 25.1 Å². The molecule has 2 heterocycles. The van der Waals surface area contributed by atoms with E-state index in [9.17, 15) is 26.4 Å². The van der Waals surface area contributed by atoms with Gasteiger partial charge in [-0.1, -0.05) is 11.6 Å². The molecule has 1 atom stereocenters. The number of hydrogen-bond acceptors (Lipinski definition) is 7. The van der Waals surface area contributed by atoms with Gasteiger partial charge < -0.3 is 5.32 Å². The number of nitriles is 1. The first kappa shape index (κ1) is 24.1. The number of nitrogens with one attached hydrogen (secondary N) is 1. The first-order valence-electron chi connectivity index (χ1n) is 9.02. The van der Waals surface area contributed by atoms with Gasteiger partial charge in [-0.05, 0) is 37.3 Å². The molecule has 9 nitrogen and oxygen atoms in total. The molecule has 2 aromatic heterocycles. The Kier molecular flexibility index (Phi) is 6.44. The van der Waals surface area contributed by atoms with Crippen LogP contribution in [0, 0.1) is 11.3 Å². The zero-order chi connectivity index (χ0) is 24.6. The Bertz CT molecular complexity index is 1360. The van der Waals surface area contributed by atoms with Gasteiger partial charge in [0.05, 0.1) is 16.5 Å². The number of halogens is 4. The fourth-order valence-electron chi connectivity index (χ4n) is 2.72. The van der Waals surface area contributed by atoms with E-state index in [0.717, 1.165) is 23.2 Å². The monoisotopic (exact) mass is 498 g/mol. The van der Waals surface area contributed by atoms with Crippen LogP contribution in [-0.2, 0) is 16.0 Å². The van der Waals surface area contributed by atoms with Crippen molar-refractivity contribution in [2.24, 2.45) is 0 Å². The molecule has 0 saturated heterocycles. The minimum absolute atomic E-state index is 0.0139. The van der Waals surface area contributed by atoms with Gasteiger partial charge in [0.1, 0.15) is 6.07 Å². The lowest BCUT2D eigenvalue weighted by Crippen LogP contribution is -2.29. The maximum Gasteiger partial charge on any atom is 0.453 e. The summed E-state index contributed by atoms with van der Waals surface area (Å²) in [6.07, 6.45) is -2.78. The van der Waals surface area contributed by atoms with Crippen molar-refractivity contribution in [2.45, 2.75) is 24.0 Å². The van der Waals surface area contributed by atoms with Crippen LogP contribution >= 0.6 is 11.6 Å². The van der Waals surface area contributed by atoms with Crippen LogP contribution in [0.15, 0.2) is 41.4 Å². The van der Waals surface area contributed by atoms with Crippen LogP contribution in [-0.4, -0.2) is 40.3 Å². The molecule has 0 aliphatic rings. The van der Waals surface area contributed by atoms with Gasteiger partial charge in [-0.2, -0.15) is 23.1 Å². The van der Waals surface area contributed by atoms with Gasteiger partial charge in [0, 0.05) is 23.0 Å². The lowest BCUT2D eigenvalue weighted by atomic mass is 10.2. The van der Waals surface area contributed by atoms with Gasteiger partial charge in [-0.3, -0.25) is 4.79 Å². The number of nitrogens with zero attached hydrogens (tertiary/aromatic N) is 5. The summed E-state index contributed by atoms with van der Waals surface area (Å²) in [5.74, 6) is -2.61. The highest BCUT2D eigenvalue weighted by Crippen LogP contribution is 2.28. The molecule has 3 aromatic rings. The smallest absolute Gasteiger partial charge is 0.342 e. The van der Waals surface area contributed by atoms with Gasteiger partial charge in [-0.25, -0.2) is 18.4 Å². The summed E-state index contributed by atoms with van der Waals surface area (Å²) in [5.41, 5.74) is 0.0637. The molecule has 0 radical (unpaired) electrons. The molecule has 33 heavy (non-hydrogen) atoms. The van der Waals surface area contributed by atoms with Crippen LogP contribution in [0.3, 0.4) is 0 Å². The van der Waals surface area contributed by atoms with Crippen molar-refractivity contribution in [3.63, 3.8) is 0 Å². The fraction of sp³-hybridized carbons (Fsp3) is 0.211. The summed E-state index contributed by atoms with van der Waals surface area (Å²) in [7, 11) is -3.67. The van der Waals surface area contributed by atoms with Crippen molar-refractivity contribution in [1.29, 1.82) is 5.26 Å². The van der Waals surface area contributed by atoms with E-state index in [0.29, 0.717) is 0 Å². The summed E-state index contributed by atoms with van der Waals surface area (Å²) >= 11 is 5.91. The van der Waals surface area contributed by atoms with Crippen molar-refractivity contribution in [3.05, 3.63) is 64.3 Å². The molecule has 0 spiro atoms. The number of hydrogen-bond donors (Lipinski definition) is 1. The van der Waals surface area contributed by atoms with Crippen LogP contribution in [0.5, 0.6) is 0 Å². The number of benzene rings is 1. The Morgan fingerprint density at radius 2 is 1.97 bits per heavy atom. The minimum Gasteiger partial charge on any atom is -0.342 e. The Hall–Kier alpha value is -3.50. The van der Waals surface area contributed by atoms with Gasteiger partial charge in [0.25, 0.3) is 11.7 Å². The zero-order valence-corrected chi connectivity index (χ0v) is 18.5. The number of sulfone groups is 1. The Morgan fingerprint density at radius 3 is 2.52 bits per heavy atom. The Labute approximate surface area is 190 Å². The largest absolute Gasteiger partial charge is 0.453 e. The molecular formula is C19H14ClF3N6O3S. The van der Waals surface area contributed by atoms with Crippen LogP contribution < -0.4 is 5.32 Å². The second-order valence-corrected chi connectivity index (χ2v) is 9.32. The highest BCUT2D eigenvalue weighted by Gasteiger charge is 2.38. The molecule has 0 unspecified atom stereocenters. The van der Waals surface area contributed by atoms with E-state index >= 15 is 0 Å². The first-order valence-corrected chi connectivity index (χ1v) is 11.3. The number of aromatic nitrogens is 4. The van der Waals surface area contributed by atoms with E-state index in [4.69, 9.17) is 16.9 Å². The molecule has 0 saturated carbocycles. The van der Waals surface area contributed by atoms with Gasteiger partial charge in [-0.15, -0.1) is 5.10 Å². The summed E-state index contributed by atoms with van der Waals surface area (Å²) < 4.78 is 64.1. The number of rotatable bonds is 5. The number of carbonyl (C=O) groups excluding carboxylic acids is 1.